The zero-order chi connectivity index (χ0) is 15.6. The normalized spacial score (nSPS) is 18.6. The third-order valence-corrected chi connectivity index (χ3v) is 3.41. The summed E-state index contributed by atoms with van der Waals surface area (Å²) in [4.78, 5) is 4.32. The molecule has 1 saturated heterocycles. The summed E-state index contributed by atoms with van der Waals surface area (Å²) in [5, 5.41) is 3.11. The Morgan fingerprint density at radius 3 is 3.09 bits per heavy atom. The van der Waals surface area contributed by atoms with Crippen LogP contribution in [-0.4, -0.2) is 45.5 Å². The lowest BCUT2D eigenvalue weighted by Gasteiger charge is -2.11. The van der Waals surface area contributed by atoms with E-state index in [0.717, 1.165) is 30.7 Å². The van der Waals surface area contributed by atoms with Gasteiger partial charge in [0, 0.05) is 38.1 Å². The molecule has 1 unspecified atom stereocenters. The molecule has 1 aliphatic rings. The third kappa shape index (κ3) is 5.63. The van der Waals surface area contributed by atoms with Crippen molar-refractivity contribution in [3.05, 3.63) is 29.8 Å². The molecule has 0 amide bonds. The van der Waals surface area contributed by atoms with Crippen LogP contribution in [0.5, 0.6) is 0 Å². The van der Waals surface area contributed by atoms with Crippen molar-refractivity contribution in [2.75, 3.05) is 38.8 Å². The number of rotatable bonds is 8. The first kappa shape index (κ1) is 16.7. The Labute approximate surface area is 131 Å². The Morgan fingerprint density at radius 1 is 1.45 bits per heavy atom. The van der Waals surface area contributed by atoms with E-state index in [1.807, 2.05) is 24.3 Å². The van der Waals surface area contributed by atoms with Crippen LogP contribution in [0.3, 0.4) is 0 Å². The van der Waals surface area contributed by atoms with Crippen molar-refractivity contribution in [1.29, 1.82) is 0 Å². The predicted octanol–water partition coefficient (Wildman–Crippen LogP) is 1.76. The first-order valence-electron chi connectivity index (χ1n) is 7.62. The minimum atomic E-state index is 0.250. The standard InChI is InChI=1S/C16H25N3O3/c1-20-11-13-5-2-3-6-15(13)19-16(17)18-8-4-9-22-14-7-10-21-12-14/h2-3,5-6,14H,4,7-12H2,1H3,(H3,17,18,19). The van der Waals surface area contributed by atoms with Gasteiger partial charge in [0.1, 0.15) is 0 Å². The predicted molar refractivity (Wildman–Crippen MR) is 87.1 cm³/mol. The Morgan fingerprint density at radius 2 is 2.32 bits per heavy atom. The van der Waals surface area contributed by atoms with Crippen molar-refractivity contribution in [3.8, 4) is 0 Å². The minimum absolute atomic E-state index is 0.250. The number of hydrogen-bond donors (Lipinski definition) is 2. The largest absolute Gasteiger partial charge is 0.380 e. The van der Waals surface area contributed by atoms with Gasteiger partial charge in [-0.3, -0.25) is 4.99 Å². The summed E-state index contributed by atoms with van der Waals surface area (Å²) < 4.78 is 16.1. The molecule has 1 aromatic rings. The van der Waals surface area contributed by atoms with E-state index >= 15 is 0 Å². The Bertz CT molecular complexity index is 473. The number of para-hydroxylation sites is 1. The fourth-order valence-corrected chi connectivity index (χ4v) is 2.26. The average Bonchev–Trinajstić information content (AvgIpc) is 3.02. The van der Waals surface area contributed by atoms with Crippen LogP contribution in [0.25, 0.3) is 0 Å². The summed E-state index contributed by atoms with van der Waals surface area (Å²) in [5.41, 5.74) is 7.88. The fourth-order valence-electron chi connectivity index (χ4n) is 2.26. The highest BCUT2D eigenvalue weighted by atomic mass is 16.5. The van der Waals surface area contributed by atoms with Gasteiger partial charge in [0.2, 0.25) is 0 Å². The third-order valence-electron chi connectivity index (χ3n) is 3.41. The van der Waals surface area contributed by atoms with Crippen molar-refractivity contribution in [3.63, 3.8) is 0 Å². The molecule has 0 aliphatic carbocycles. The van der Waals surface area contributed by atoms with Crippen LogP contribution < -0.4 is 11.1 Å². The highest BCUT2D eigenvalue weighted by Gasteiger charge is 2.15. The summed E-state index contributed by atoms with van der Waals surface area (Å²) in [6.45, 7) is 3.38. The first-order valence-corrected chi connectivity index (χ1v) is 7.62. The van der Waals surface area contributed by atoms with Crippen LogP contribution >= 0.6 is 0 Å². The van der Waals surface area contributed by atoms with Crippen LogP contribution in [0.15, 0.2) is 29.3 Å². The second-order valence-corrected chi connectivity index (χ2v) is 5.19. The molecule has 22 heavy (non-hydrogen) atoms. The number of ether oxygens (including phenoxy) is 3. The van der Waals surface area contributed by atoms with Gasteiger partial charge in [0.25, 0.3) is 0 Å². The van der Waals surface area contributed by atoms with E-state index in [0.29, 0.717) is 32.3 Å². The molecule has 6 heteroatoms. The number of hydrogen-bond acceptors (Lipinski definition) is 4. The molecule has 0 bridgehead atoms. The van der Waals surface area contributed by atoms with Gasteiger partial charge in [-0.15, -0.1) is 0 Å². The summed E-state index contributed by atoms with van der Waals surface area (Å²) in [7, 11) is 1.67. The smallest absolute Gasteiger partial charge is 0.193 e. The molecular weight excluding hydrogens is 282 g/mol. The van der Waals surface area contributed by atoms with Crippen molar-refractivity contribution in [1.82, 2.24) is 0 Å². The van der Waals surface area contributed by atoms with E-state index in [1.165, 1.54) is 0 Å². The summed E-state index contributed by atoms with van der Waals surface area (Å²) >= 11 is 0. The van der Waals surface area contributed by atoms with Crippen LogP contribution in [0.4, 0.5) is 5.69 Å². The van der Waals surface area contributed by atoms with Crippen LogP contribution in [0.1, 0.15) is 18.4 Å². The summed E-state index contributed by atoms with van der Waals surface area (Å²) in [6, 6.07) is 7.87. The number of guanidine groups is 1. The molecule has 0 aromatic heterocycles. The van der Waals surface area contributed by atoms with Gasteiger partial charge in [-0.1, -0.05) is 18.2 Å². The van der Waals surface area contributed by atoms with Gasteiger partial charge in [-0.05, 0) is 18.9 Å². The van der Waals surface area contributed by atoms with Crippen molar-refractivity contribution >= 4 is 11.6 Å². The summed E-state index contributed by atoms with van der Waals surface area (Å²) in [6.07, 6.45) is 2.09. The molecular formula is C16H25N3O3. The van der Waals surface area contributed by atoms with Crippen LogP contribution in [0, 0.1) is 0 Å². The number of methoxy groups -OCH3 is 1. The number of nitrogens with zero attached hydrogens (tertiary/aromatic N) is 1. The zero-order valence-electron chi connectivity index (χ0n) is 13.1. The molecule has 1 aromatic carbocycles. The monoisotopic (exact) mass is 307 g/mol. The molecule has 0 spiro atoms. The molecule has 0 radical (unpaired) electrons. The lowest BCUT2D eigenvalue weighted by Crippen LogP contribution is -2.24. The van der Waals surface area contributed by atoms with Crippen LogP contribution in [0.2, 0.25) is 0 Å². The van der Waals surface area contributed by atoms with Gasteiger partial charge in [-0.2, -0.15) is 0 Å². The van der Waals surface area contributed by atoms with Crippen molar-refractivity contribution in [2.24, 2.45) is 10.7 Å². The van der Waals surface area contributed by atoms with E-state index in [1.54, 1.807) is 7.11 Å². The number of anilines is 1. The topological polar surface area (TPSA) is 78.1 Å². The quantitative estimate of drug-likeness (QED) is 0.435. The molecule has 3 N–H and O–H groups in total. The highest BCUT2D eigenvalue weighted by Crippen LogP contribution is 2.15. The van der Waals surface area contributed by atoms with Gasteiger partial charge in [0.15, 0.2) is 5.96 Å². The van der Waals surface area contributed by atoms with Gasteiger partial charge in [-0.25, -0.2) is 0 Å². The Kier molecular flexibility index (Phi) is 7.15. The lowest BCUT2D eigenvalue weighted by atomic mass is 10.2. The van der Waals surface area contributed by atoms with Gasteiger partial charge >= 0.3 is 0 Å². The van der Waals surface area contributed by atoms with E-state index in [4.69, 9.17) is 19.9 Å². The number of benzene rings is 1. The van der Waals surface area contributed by atoms with E-state index in [-0.39, 0.29) is 6.10 Å². The second kappa shape index (κ2) is 9.40. The van der Waals surface area contributed by atoms with Gasteiger partial charge in [0.05, 0.1) is 19.3 Å². The maximum Gasteiger partial charge on any atom is 0.193 e. The zero-order valence-corrected chi connectivity index (χ0v) is 13.1. The molecule has 1 atom stereocenters. The van der Waals surface area contributed by atoms with Gasteiger partial charge < -0.3 is 25.3 Å². The molecule has 2 rings (SSSR count). The summed E-state index contributed by atoms with van der Waals surface area (Å²) in [5.74, 6) is 0.410. The highest BCUT2D eigenvalue weighted by molar-refractivity contribution is 5.92. The van der Waals surface area contributed by atoms with Crippen molar-refractivity contribution in [2.45, 2.75) is 25.6 Å². The van der Waals surface area contributed by atoms with Crippen LogP contribution in [-0.2, 0) is 20.8 Å². The molecule has 1 fully saturated rings. The minimum Gasteiger partial charge on any atom is -0.380 e. The average molecular weight is 307 g/mol. The van der Waals surface area contributed by atoms with E-state index in [9.17, 15) is 0 Å². The molecule has 1 heterocycles. The number of nitrogens with two attached hydrogens (primary N) is 1. The maximum absolute atomic E-state index is 5.91. The Balaban J connectivity index is 1.70. The van der Waals surface area contributed by atoms with E-state index in [2.05, 4.69) is 10.3 Å². The lowest BCUT2D eigenvalue weighted by molar-refractivity contribution is 0.0424. The Hall–Kier alpha value is -1.63. The molecule has 6 nitrogen and oxygen atoms in total. The first-order chi connectivity index (χ1) is 10.8. The van der Waals surface area contributed by atoms with E-state index < -0.39 is 0 Å². The molecule has 1 aliphatic heterocycles. The second-order valence-electron chi connectivity index (χ2n) is 5.19. The fraction of sp³-hybridized carbons (Fsp3) is 0.562. The molecule has 0 saturated carbocycles. The molecule has 122 valence electrons. The van der Waals surface area contributed by atoms with Crippen molar-refractivity contribution < 1.29 is 14.2 Å². The maximum atomic E-state index is 5.91. The SMILES string of the molecule is COCc1ccccc1NC(N)=NCCCOC1CCOC1. The number of nitrogens with one attached hydrogen (secondary N) is 1. The number of aliphatic imine (C=N–C) groups is 1.